The summed E-state index contributed by atoms with van der Waals surface area (Å²) >= 11 is 1.64. The van der Waals surface area contributed by atoms with Crippen molar-refractivity contribution in [1.29, 1.82) is 0 Å². The van der Waals surface area contributed by atoms with Crippen molar-refractivity contribution in [2.24, 2.45) is 5.92 Å². The summed E-state index contributed by atoms with van der Waals surface area (Å²) < 4.78 is 5.27. The van der Waals surface area contributed by atoms with Crippen LogP contribution in [0.15, 0.2) is 16.8 Å². The van der Waals surface area contributed by atoms with Gasteiger partial charge in [0.25, 0.3) is 0 Å². The lowest BCUT2D eigenvalue weighted by molar-refractivity contribution is -0.134. The highest BCUT2D eigenvalue weighted by Crippen LogP contribution is 2.28. The van der Waals surface area contributed by atoms with Crippen molar-refractivity contribution in [3.63, 3.8) is 0 Å². The van der Waals surface area contributed by atoms with E-state index >= 15 is 0 Å². The molecule has 1 saturated carbocycles. The van der Waals surface area contributed by atoms with Crippen LogP contribution in [0.2, 0.25) is 0 Å². The third kappa shape index (κ3) is 5.53. The molecule has 2 rings (SSSR count). The van der Waals surface area contributed by atoms with Gasteiger partial charge in [0, 0.05) is 25.6 Å². The van der Waals surface area contributed by atoms with Gasteiger partial charge in [-0.05, 0) is 62.4 Å². The Morgan fingerprint density at radius 1 is 1.39 bits per heavy atom. The van der Waals surface area contributed by atoms with Crippen LogP contribution in [0.25, 0.3) is 0 Å². The van der Waals surface area contributed by atoms with Gasteiger partial charge >= 0.3 is 6.09 Å². The van der Waals surface area contributed by atoms with Crippen LogP contribution in [0.5, 0.6) is 0 Å². The topological polar surface area (TPSA) is 58.6 Å². The van der Waals surface area contributed by atoms with Crippen LogP contribution < -0.4 is 5.32 Å². The van der Waals surface area contributed by atoms with Crippen LogP contribution in [-0.2, 0) is 16.1 Å². The van der Waals surface area contributed by atoms with Crippen LogP contribution in [0.4, 0.5) is 4.79 Å². The number of thiophene rings is 1. The van der Waals surface area contributed by atoms with E-state index in [-0.39, 0.29) is 17.9 Å². The highest BCUT2D eigenvalue weighted by molar-refractivity contribution is 7.07. The van der Waals surface area contributed by atoms with E-state index in [0.717, 1.165) is 18.4 Å². The Balaban J connectivity index is 1.80. The Bertz CT molecular complexity index is 537. The molecule has 1 fully saturated rings. The van der Waals surface area contributed by atoms with Gasteiger partial charge in [-0.3, -0.25) is 4.79 Å². The highest BCUT2D eigenvalue weighted by atomic mass is 32.1. The quantitative estimate of drug-likeness (QED) is 0.915. The minimum Gasteiger partial charge on any atom is -0.444 e. The first-order chi connectivity index (χ1) is 10.7. The van der Waals surface area contributed by atoms with Gasteiger partial charge < -0.3 is 15.0 Å². The maximum absolute atomic E-state index is 12.5. The maximum atomic E-state index is 12.5. The molecular formula is C17H26N2O3S. The third-order valence-corrected chi connectivity index (χ3v) is 4.61. The molecule has 0 aliphatic heterocycles. The molecule has 1 aromatic rings. The molecule has 0 aromatic carbocycles. The molecule has 1 aromatic heterocycles. The van der Waals surface area contributed by atoms with E-state index in [2.05, 4.69) is 10.7 Å². The van der Waals surface area contributed by atoms with Gasteiger partial charge in [-0.2, -0.15) is 11.3 Å². The lowest BCUT2D eigenvalue weighted by atomic mass is 10.1. The van der Waals surface area contributed by atoms with Gasteiger partial charge in [0.2, 0.25) is 5.91 Å². The first kappa shape index (κ1) is 17.8. The number of amides is 2. The molecule has 1 aliphatic rings. The van der Waals surface area contributed by atoms with Crippen molar-refractivity contribution in [2.45, 2.75) is 58.2 Å². The lowest BCUT2D eigenvalue weighted by Gasteiger charge is -2.22. The lowest BCUT2D eigenvalue weighted by Crippen LogP contribution is -2.38. The molecule has 0 spiro atoms. The standard InChI is InChI=1S/C17H26N2O3S/c1-17(2,3)22-16(21)18-14-6-5-13(9-14)15(20)19(4)10-12-7-8-23-11-12/h7-8,11,13-14H,5-6,9-10H2,1-4H3,(H,18,21)/t13-,14+/m1/s1. The van der Waals surface area contributed by atoms with Crippen molar-refractivity contribution in [2.75, 3.05) is 7.05 Å². The van der Waals surface area contributed by atoms with Crippen LogP contribution >= 0.6 is 11.3 Å². The van der Waals surface area contributed by atoms with E-state index in [1.54, 1.807) is 16.2 Å². The van der Waals surface area contributed by atoms with Crippen LogP contribution in [0.1, 0.15) is 45.6 Å². The van der Waals surface area contributed by atoms with Gasteiger partial charge in [-0.25, -0.2) is 4.79 Å². The summed E-state index contributed by atoms with van der Waals surface area (Å²) in [4.78, 5) is 26.1. The van der Waals surface area contributed by atoms with Crippen molar-refractivity contribution >= 4 is 23.3 Å². The molecule has 1 aliphatic carbocycles. The first-order valence-electron chi connectivity index (χ1n) is 8.00. The average molecular weight is 338 g/mol. The fourth-order valence-electron chi connectivity index (χ4n) is 2.86. The van der Waals surface area contributed by atoms with Crippen molar-refractivity contribution in [3.8, 4) is 0 Å². The summed E-state index contributed by atoms with van der Waals surface area (Å²) in [6.07, 6.45) is 1.92. The summed E-state index contributed by atoms with van der Waals surface area (Å²) in [6, 6.07) is 2.06. The molecule has 23 heavy (non-hydrogen) atoms. The van der Waals surface area contributed by atoms with Gasteiger partial charge in [-0.15, -0.1) is 0 Å². The maximum Gasteiger partial charge on any atom is 0.407 e. The molecule has 6 heteroatoms. The van der Waals surface area contributed by atoms with Gasteiger partial charge in [-0.1, -0.05) is 0 Å². The van der Waals surface area contributed by atoms with Gasteiger partial charge in [0.1, 0.15) is 5.60 Å². The number of hydrogen-bond acceptors (Lipinski definition) is 4. The molecule has 0 radical (unpaired) electrons. The Kier molecular flexibility index (Phi) is 5.68. The van der Waals surface area contributed by atoms with Crippen molar-refractivity contribution < 1.29 is 14.3 Å². The fraction of sp³-hybridized carbons (Fsp3) is 0.647. The second kappa shape index (κ2) is 7.34. The largest absolute Gasteiger partial charge is 0.444 e. The summed E-state index contributed by atoms with van der Waals surface area (Å²) in [6.45, 7) is 6.16. The zero-order valence-corrected chi connectivity index (χ0v) is 15.1. The number of nitrogens with one attached hydrogen (secondary N) is 1. The molecule has 2 atom stereocenters. The fourth-order valence-corrected chi connectivity index (χ4v) is 3.52. The molecule has 1 N–H and O–H groups in total. The summed E-state index contributed by atoms with van der Waals surface area (Å²) in [5.74, 6) is 0.142. The molecule has 1 heterocycles. The monoisotopic (exact) mass is 338 g/mol. The van der Waals surface area contributed by atoms with E-state index in [0.29, 0.717) is 13.0 Å². The molecule has 128 valence electrons. The van der Waals surface area contributed by atoms with E-state index in [9.17, 15) is 9.59 Å². The smallest absolute Gasteiger partial charge is 0.407 e. The van der Waals surface area contributed by atoms with Crippen LogP contribution in [0, 0.1) is 5.92 Å². The normalized spacial score (nSPS) is 21.0. The Hall–Kier alpha value is -1.56. The van der Waals surface area contributed by atoms with Crippen molar-refractivity contribution in [3.05, 3.63) is 22.4 Å². The molecule has 0 bridgehead atoms. The SMILES string of the molecule is CN(Cc1ccsc1)C(=O)[C@@H]1CC[C@H](NC(=O)OC(C)(C)C)C1. The zero-order valence-electron chi connectivity index (χ0n) is 14.3. The summed E-state index contributed by atoms with van der Waals surface area (Å²) in [7, 11) is 1.84. The number of carbonyl (C=O) groups excluding carboxylic acids is 2. The minimum atomic E-state index is -0.501. The van der Waals surface area contributed by atoms with Crippen LogP contribution in [-0.4, -0.2) is 35.6 Å². The number of nitrogens with zero attached hydrogens (tertiary/aromatic N) is 1. The van der Waals surface area contributed by atoms with E-state index < -0.39 is 11.7 Å². The summed E-state index contributed by atoms with van der Waals surface area (Å²) in [5.41, 5.74) is 0.658. The van der Waals surface area contributed by atoms with E-state index in [1.165, 1.54) is 0 Å². The Labute approximate surface area is 142 Å². The molecule has 0 unspecified atom stereocenters. The summed E-state index contributed by atoms with van der Waals surface area (Å²) in [5, 5.41) is 6.95. The predicted molar refractivity (Wildman–Crippen MR) is 91.3 cm³/mol. The molecule has 2 amide bonds. The highest BCUT2D eigenvalue weighted by Gasteiger charge is 2.33. The van der Waals surface area contributed by atoms with E-state index in [4.69, 9.17) is 4.74 Å². The third-order valence-electron chi connectivity index (χ3n) is 3.88. The predicted octanol–water partition coefficient (Wildman–Crippen LogP) is 3.40. The zero-order chi connectivity index (χ0) is 17.0. The second-order valence-corrected chi connectivity index (χ2v) is 7.96. The van der Waals surface area contributed by atoms with Crippen LogP contribution in [0.3, 0.4) is 0 Å². The van der Waals surface area contributed by atoms with E-state index in [1.807, 2.05) is 39.3 Å². The number of carbonyl (C=O) groups is 2. The number of alkyl carbamates (subject to hydrolysis) is 1. The van der Waals surface area contributed by atoms with Gasteiger partial charge in [0.15, 0.2) is 0 Å². The number of ether oxygens (including phenoxy) is 1. The Morgan fingerprint density at radius 2 is 2.13 bits per heavy atom. The van der Waals surface area contributed by atoms with Gasteiger partial charge in [0.05, 0.1) is 0 Å². The first-order valence-corrected chi connectivity index (χ1v) is 8.94. The van der Waals surface area contributed by atoms with Crippen molar-refractivity contribution in [1.82, 2.24) is 10.2 Å². The number of rotatable bonds is 4. The number of hydrogen-bond donors (Lipinski definition) is 1. The minimum absolute atomic E-state index is 0.0152. The average Bonchev–Trinajstić information content (AvgIpc) is 3.07. The molecular weight excluding hydrogens is 312 g/mol. The molecule has 0 saturated heterocycles. The molecule has 5 nitrogen and oxygen atoms in total. The second-order valence-electron chi connectivity index (χ2n) is 7.18. The Morgan fingerprint density at radius 3 is 2.74 bits per heavy atom.